The van der Waals surface area contributed by atoms with E-state index in [1.165, 1.54) is 54.5 Å². The number of hydrogen-bond acceptors (Lipinski definition) is 10. The Morgan fingerprint density at radius 2 is 1.67 bits per heavy atom. The number of aromatic nitrogens is 4. The van der Waals surface area contributed by atoms with Gasteiger partial charge in [0, 0.05) is 36.3 Å². The first-order valence-electron chi connectivity index (χ1n) is 8.54. The van der Waals surface area contributed by atoms with Crippen molar-refractivity contribution in [3.05, 3.63) is 48.8 Å². The van der Waals surface area contributed by atoms with Crippen LogP contribution in [0.4, 0.5) is 23.3 Å². The molecule has 0 atom stereocenters. The van der Waals surface area contributed by atoms with Gasteiger partial charge in [0.15, 0.2) is 5.16 Å². The Morgan fingerprint density at radius 1 is 1.03 bits per heavy atom. The number of thioether (sulfide) groups is 1. The first-order valence-corrected chi connectivity index (χ1v) is 11.0. The molecule has 0 saturated carbocycles. The molecule has 30 heavy (non-hydrogen) atoms. The van der Waals surface area contributed by atoms with Crippen molar-refractivity contribution < 1.29 is 13.2 Å². The van der Waals surface area contributed by atoms with Crippen LogP contribution in [0.25, 0.3) is 0 Å². The second-order valence-corrected chi connectivity index (χ2v) is 8.59. The van der Waals surface area contributed by atoms with E-state index in [9.17, 15) is 13.2 Å². The first kappa shape index (κ1) is 21.3. The summed E-state index contributed by atoms with van der Waals surface area (Å²) < 4.78 is 27.0. The molecule has 2 aromatic heterocycles. The van der Waals surface area contributed by atoms with Gasteiger partial charge in [-0.3, -0.25) is 4.79 Å². The monoisotopic (exact) mass is 446 g/mol. The zero-order chi connectivity index (χ0) is 21.6. The Kier molecular flexibility index (Phi) is 6.64. The third-order valence-corrected chi connectivity index (χ3v) is 5.74. The van der Waals surface area contributed by atoms with Gasteiger partial charge in [-0.25, -0.2) is 33.1 Å². The molecule has 0 saturated heterocycles. The number of nitrogens with two attached hydrogens (primary N) is 2. The SMILES string of the molecule is Nc1cc(N)nc(SCCC(=O)Nc2ccc(S(=O)(=O)Nc3ncccn3)cc2)n1. The van der Waals surface area contributed by atoms with Gasteiger partial charge in [-0.1, -0.05) is 11.8 Å². The molecule has 0 spiro atoms. The van der Waals surface area contributed by atoms with E-state index in [4.69, 9.17) is 11.5 Å². The number of sulfonamides is 1. The molecule has 156 valence electrons. The minimum absolute atomic E-state index is 0.0138. The summed E-state index contributed by atoms with van der Waals surface area (Å²) in [4.78, 5) is 27.8. The van der Waals surface area contributed by atoms with Crippen LogP contribution in [-0.2, 0) is 14.8 Å². The standard InChI is InChI=1S/C17H18N8O3S2/c18-13-10-14(19)24-17(23-13)29-9-6-15(26)22-11-2-4-12(5-3-11)30(27,28)25-16-20-7-1-8-21-16/h1-5,7-8,10H,6,9H2,(H,22,26)(H,20,21,25)(H4,18,19,23,24). The number of carbonyl (C=O) groups is 1. The number of benzene rings is 1. The lowest BCUT2D eigenvalue weighted by molar-refractivity contribution is -0.115. The highest BCUT2D eigenvalue weighted by atomic mass is 32.2. The molecule has 6 N–H and O–H groups in total. The fourth-order valence-electron chi connectivity index (χ4n) is 2.23. The van der Waals surface area contributed by atoms with Crippen LogP contribution in [0.1, 0.15) is 6.42 Å². The minimum atomic E-state index is -3.84. The molecule has 2 heterocycles. The van der Waals surface area contributed by atoms with Crippen LogP contribution in [0.15, 0.2) is 58.8 Å². The van der Waals surface area contributed by atoms with Crippen molar-refractivity contribution in [3.8, 4) is 0 Å². The molecule has 1 aromatic carbocycles. The van der Waals surface area contributed by atoms with E-state index >= 15 is 0 Å². The predicted octanol–water partition coefficient (Wildman–Crippen LogP) is 1.35. The number of nitrogen functional groups attached to an aromatic ring is 2. The van der Waals surface area contributed by atoms with Crippen LogP contribution >= 0.6 is 11.8 Å². The largest absolute Gasteiger partial charge is 0.383 e. The van der Waals surface area contributed by atoms with E-state index in [1.807, 2.05) is 0 Å². The smallest absolute Gasteiger partial charge is 0.264 e. The average molecular weight is 447 g/mol. The fourth-order valence-corrected chi connectivity index (χ4v) is 4.00. The van der Waals surface area contributed by atoms with E-state index in [-0.39, 0.29) is 34.8 Å². The second kappa shape index (κ2) is 9.37. The van der Waals surface area contributed by atoms with Crippen molar-refractivity contribution in [2.75, 3.05) is 27.3 Å². The Balaban J connectivity index is 1.52. The van der Waals surface area contributed by atoms with E-state index < -0.39 is 10.0 Å². The highest BCUT2D eigenvalue weighted by Gasteiger charge is 2.15. The maximum atomic E-state index is 12.3. The third kappa shape index (κ3) is 6.02. The van der Waals surface area contributed by atoms with Crippen LogP contribution in [0.3, 0.4) is 0 Å². The lowest BCUT2D eigenvalue weighted by Crippen LogP contribution is -2.15. The zero-order valence-corrected chi connectivity index (χ0v) is 17.2. The Hall–Kier alpha value is -3.45. The van der Waals surface area contributed by atoms with Crippen LogP contribution in [-0.4, -0.2) is 40.0 Å². The molecule has 3 rings (SSSR count). The first-order chi connectivity index (χ1) is 14.3. The van der Waals surface area contributed by atoms with Crippen LogP contribution < -0.4 is 21.5 Å². The second-order valence-electron chi connectivity index (χ2n) is 5.85. The number of hydrogen-bond donors (Lipinski definition) is 4. The minimum Gasteiger partial charge on any atom is -0.383 e. The van der Waals surface area contributed by atoms with Gasteiger partial charge in [-0.05, 0) is 30.3 Å². The normalized spacial score (nSPS) is 11.1. The van der Waals surface area contributed by atoms with Gasteiger partial charge in [-0.15, -0.1) is 0 Å². The number of carbonyl (C=O) groups excluding carboxylic acids is 1. The molecule has 11 nitrogen and oxygen atoms in total. The van der Waals surface area contributed by atoms with E-state index in [1.54, 1.807) is 6.07 Å². The van der Waals surface area contributed by atoms with Crippen molar-refractivity contribution in [1.29, 1.82) is 0 Å². The summed E-state index contributed by atoms with van der Waals surface area (Å²) in [6.07, 6.45) is 3.04. The summed E-state index contributed by atoms with van der Waals surface area (Å²) in [5, 5.41) is 3.09. The van der Waals surface area contributed by atoms with Crippen molar-refractivity contribution >= 4 is 51.0 Å². The maximum Gasteiger partial charge on any atom is 0.264 e. The molecule has 0 aliphatic rings. The average Bonchev–Trinajstić information content (AvgIpc) is 2.68. The summed E-state index contributed by atoms with van der Waals surface area (Å²) in [5.41, 5.74) is 11.7. The van der Waals surface area contributed by atoms with Crippen molar-refractivity contribution in [1.82, 2.24) is 19.9 Å². The van der Waals surface area contributed by atoms with E-state index in [0.29, 0.717) is 16.6 Å². The molecule has 0 aliphatic carbocycles. The van der Waals surface area contributed by atoms with Gasteiger partial charge in [0.1, 0.15) is 11.6 Å². The van der Waals surface area contributed by atoms with E-state index in [0.717, 1.165) is 0 Å². The van der Waals surface area contributed by atoms with Crippen molar-refractivity contribution in [3.63, 3.8) is 0 Å². The highest BCUT2D eigenvalue weighted by molar-refractivity contribution is 7.99. The fraction of sp³-hybridized carbons (Fsp3) is 0.118. The van der Waals surface area contributed by atoms with Crippen LogP contribution in [0.2, 0.25) is 0 Å². The molecule has 0 unspecified atom stereocenters. The number of amides is 1. The summed E-state index contributed by atoms with van der Waals surface area (Å²) in [5.74, 6) is 0.669. The molecule has 1 amide bonds. The zero-order valence-electron chi connectivity index (χ0n) is 15.5. The Morgan fingerprint density at radius 3 is 2.30 bits per heavy atom. The molecular formula is C17H18N8O3S2. The highest BCUT2D eigenvalue weighted by Crippen LogP contribution is 2.19. The summed E-state index contributed by atoms with van der Waals surface area (Å²) in [7, 11) is -3.84. The van der Waals surface area contributed by atoms with E-state index in [2.05, 4.69) is 30.0 Å². The quantitative estimate of drug-likeness (QED) is 0.291. The van der Waals surface area contributed by atoms with Gasteiger partial charge in [0.05, 0.1) is 4.90 Å². The molecule has 0 bridgehead atoms. The molecule has 13 heteroatoms. The number of rotatable bonds is 8. The molecule has 0 fully saturated rings. The number of anilines is 4. The van der Waals surface area contributed by atoms with Crippen LogP contribution in [0, 0.1) is 0 Å². The number of nitrogens with zero attached hydrogens (tertiary/aromatic N) is 4. The van der Waals surface area contributed by atoms with Gasteiger partial charge in [0.2, 0.25) is 11.9 Å². The van der Waals surface area contributed by atoms with Gasteiger partial charge in [0.25, 0.3) is 10.0 Å². The molecule has 0 radical (unpaired) electrons. The lowest BCUT2D eigenvalue weighted by Gasteiger charge is -2.08. The van der Waals surface area contributed by atoms with Gasteiger partial charge < -0.3 is 16.8 Å². The summed E-state index contributed by atoms with van der Waals surface area (Å²) in [6.45, 7) is 0. The van der Waals surface area contributed by atoms with Crippen molar-refractivity contribution in [2.45, 2.75) is 16.5 Å². The van der Waals surface area contributed by atoms with Crippen molar-refractivity contribution in [2.24, 2.45) is 0 Å². The summed E-state index contributed by atoms with van der Waals surface area (Å²) >= 11 is 1.25. The lowest BCUT2D eigenvalue weighted by atomic mass is 10.3. The third-order valence-electron chi connectivity index (χ3n) is 3.55. The molecule has 3 aromatic rings. The molecular weight excluding hydrogens is 428 g/mol. The number of nitrogens with one attached hydrogen (secondary N) is 2. The van der Waals surface area contributed by atoms with Crippen LogP contribution in [0.5, 0.6) is 0 Å². The summed E-state index contributed by atoms with van der Waals surface area (Å²) in [6, 6.07) is 8.76. The predicted molar refractivity (Wildman–Crippen MR) is 114 cm³/mol. The Labute approximate surface area is 176 Å². The van der Waals surface area contributed by atoms with Gasteiger partial charge >= 0.3 is 0 Å². The topological polar surface area (TPSA) is 179 Å². The van der Waals surface area contributed by atoms with Gasteiger partial charge in [-0.2, -0.15) is 0 Å². The molecule has 0 aliphatic heterocycles. The Bertz CT molecular complexity index is 1110. The maximum absolute atomic E-state index is 12.3.